The fourth-order valence-electron chi connectivity index (χ4n) is 2.76. The van der Waals surface area contributed by atoms with Gasteiger partial charge >= 0.3 is 5.97 Å². The Morgan fingerprint density at radius 3 is 2.85 bits per heavy atom. The lowest BCUT2D eigenvalue weighted by atomic mass is 10.1. The number of nitriles is 1. The molecule has 7 heteroatoms. The first-order chi connectivity index (χ1) is 12.7. The Hall–Kier alpha value is -4.05. The van der Waals surface area contributed by atoms with Crippen molar-refractivity contribution in [2.24, 2.45) is 0 Å². The van der Waals surface area contributed by atoms with Gasteiger partial charge in [-0.1, -0.05) is 12.1 Å². The Bertz CT molecular complexity index is 1210. The first-order valence-corrected chi connectivity index (χ1v) is 7.69. The van der Waals surface area contributed by atoms with E-state index >= 15 is 0 Å². The second-order valence-electron chi connectivity index (χ2n) is 5.60. The molecule has 2 heterocycles. The van der Waals surface area contributed by atoms with Crippen molar-refractivity contribution in [1.82, 2.24) is 15.0 Å². The topological polar surface area (TPSA) is 112 Å². The average Bonchev–Trinajstić information content (AvgIpc) is 2.68. The van der Waals surface area contributed by atoms with Gasteiger partial charge in [0.2, 0.25) is 0 Å². The van der Waals surface area contributed by atoms with E-state index in [1.165, 1.54) is 18.5 Å². The highest BCUT2D eigenvalue weighted by Gasteiger charge is 2.12. The van der Waals surface area contributed by atoms with E-state index in [0.29, 0.717) is 28.1 Å². The standard InChI is InChI=1S/C19H11N5O2/c20-8-11-2-1-3-13(6-11)23-18-17-15(9-21-10-22-17)14-5-4-12(19(25)26)7-16(14)24-18/h1-7,9-10H,(H,23,24)(H,25,26). The van der Waals surface area contributed by atoms with Crippen LogP contribution >= 0.6 is 0 Å². The Morgan fingerprint density at radius 2 is 2.04 bits per heavy atom. The maximum Gasteiger partial charge on any atom is 0.335 e. The molecule has 0 aliphatic heterocycles. The summed E-state index contributed by atoms with van der Waals surface area (Å²) in [7, 11) is 0. The van der Waals surface area contributed by atoms with Crippen LogP contribution in [0.4, 0.5) is 11.5 Å². The van der Waals surface area contributed by atoms with Crippen molar-refractivity contribution in [3.63, 3.8) is 0 Å². The number of aromatic carboxylic acids is 1. The number of carbonyl (C=O) groups is 1. The highest BCUT2D eigenvalue weighted by Crippen LogP contribution is 2.29. The van der Waals surface area contributed by atoms with Crippen LogP contribution in [0.1, 0.15) is 15.9 Å². The summed E-state index contributed by atoms with van der Waals surface area (Å²) in [4.78, 5) is 24.2. The molecule has 124 valence electrons. The summed E-state index contributed by atoms with van der Waals surface area (Å²) in [6.07, 6.45) is 3.10. The molecule has 0 aliphatic rings. The summed E-state index contributed by atoms with van der Waals surface area (Å²) in [5.41, 5.74) is 2.48. The number of rotatable bonds is 3. The number of hydrogen-bond donors (Lipinski definition) is 2. The molecule has 4 aromatic rings. The molecular formula is C19H11N5O2. The Balaban J connectivity index is 1.94. The van der Waals surface area contributed by atoms with Crippen LogP contribution in [0.5, 0.6) is 0 Å². The fraction of sp³-hybridized carbons (Fsp3) is 0. The summed E-state index contributed by atoms with van der Waals surface area (Å²) in [6, 6.07) is 13.8. The maximum absolute atomic E-state index is 11.3. The third kappa shape index (κ3) is 2.65. The first-order valence-electron chi connectivity index (χ1n) is 7.69. The predicted octanol–water partition coefficient (Wildman–Crippen LogP) is 3.49. The van der Waals surface area contributed by atoms with E-state index < -0.39 is 5.97 Å². The second-order valence-corrected chi connectivity index (χ2v) is 5.60. The molecule has 0 atom stereocenters. The molecule has 2 aromatic heterocycles. The van der Waals surface area contributed by atoms with E-state index in [0.717, 1.165) is 10.8 Å². The lowest BCUT2D eigenvalue weighted by Crippen LogP contribution is -2.00. The largest absolute Gasteiger partial charge is 0.478 e. The molecule has 0 fully saturated rings. The molecule has 0 bridgehead atoms. The minimum absolute atomic E-state index is 0.152. The Morgan fingerprint density at radius 1 is 1.15 bits per heavy atom. The van der Waals surface area contributed by atoms with Crippen LogP contribution in [0, 0.1) is 11.3 Å². The smallest absolute Gasteiger partial charge is 0.335 e. The molecule has 4 rings (SSSR count). The zero-order valence-corrected chi connectivity index (χ0v) is 13.3. The number of carboxylic acid groups (broad SMARTS) is 1. The Kier molecular flexibility index (Phi) is 3.64. The number of benzene rings is 2. The van der Waals surface area contributed by atoms with Gasteiger partial charge in [-0.15, -0.1) is 0 Å². The fourth-order valence-corrected chi connectivity index (χ4v) is 2.76. The molecule has 0 spiro atoms. The molecular weight excluding hydrogens is 330 g/mol. The van der Waals surface area contributed by atoms with Crippen LogP contribution in [0.25, 0.3) is 21.8 Å². The van der Waals surface area contributed by atoms with Crippen molar-refractivity contribution in [3.8, 4) is 6.07 Å². The lowest BCUT2D eigenvalue weighted by molar-refractivity contribution is 0.0697. The predicted molar refractivity (Wildman–Crippen MR) is 96.2 cm³/mol. The number of anilines is 2. The number of nitrogens with one attached hydrogen (secondary N) is 1. The average molecular weight is 341 g/mol. The van der Waals surface area contributed by atoms with E-state index in [2.05, 4.69) is 26.3 Å². The summed E-state index contributed by atoms with van der Waals surface area (Å²) < 4.78 is 0. The quantitative estimate of drug-likeness (QED) is 0.548. The van der Waals surface area contributed by atoms with Crippen LogP contribution in [-0.2, 0) is 0 Å². The van der Waals surface area contributed by atoms with Crippen molar-refractivity contribution in [1.29, 1.82) is 5.26 Å². The molecule has 0 amide bonds. The van der Waals surface area contributed by atoms with Gasteiger partial charge in [0, 0.05) is 22.7 Å². The molecule has 0 radical (unpaired) electrons. The van der Waals surface area contributed by atoms with Gasteiger partial charge in [-0.3, -0.25) is 0 Å². The van der Waals surface area contributed by atoms with E-state index in [9.17, 15) is 9.90 Å². The zero-order valence-electron chi connectivity index (χ0n) is 13.3. The van der Waals surface area contributed by atoms with Crippen molar-refractivity contribution >= 4 is 39.3 Å². The van der Waals surface area contributed by atoms with Gasteiger partial charge in [0.05, 0.1) is 22.7 Å². The van der Waals surface area contributed by atoms with Gasteiger partial charge in [0.1, 0.15) is 11.8 Å². The molecule has 0 aliphatic carbocycles. The summed E-state index contributed by atoms with van der Waals surface area (Å²) >= 11 is 0. The number of hydrogen-bond acceptors (Lipinski definition) is 6. The van der Waals surface area contributed by atoms with Gasteiger partial charge < -0.3 is 10.4 Å². The number of nitrogens with zero attached hydrogens (tertiary/aromatic N) is 4. The van der Waals surface area contributed by atoms with Crippen LogP contribution in [-0.4, -0.2) is 26.0 Å². The maximum atomic E-state index is 11.3. The second kappa shape index (κ2) is 6.11. The van der Waals surface area contributed by atoms with Crippen molar-refractivity contribution in [3.05, 3.63) is 66.1 Å². The van der Waals surface area contributed by atoms with Crippen LogP contribution < -0.4 is 5.32 Å². The van der Waals surface area contributed by atoms with Gasteiger partial charge in [0.25, 0.3) is 0 Å². The number of carboxylic acids is 1. The summed E-state index contributed by atoms with van der Waals surface area (Å²) in [5, 5.41) is 23.0. The first kappa shape index (κ1) is 15.5. The van der Waals surface area contributed by atoms with Crippen molar-refractivity contribution in [2.75, 3.05) is 5.32 Å². The zero-order chi connectivity index (χ0) is 18.1. The molecule has 0 unspecified atom stereocenters. The van der Waals surface area contributed by atoms with Gasteiger partial charge in [-0.25, -0.2) is 19.7 Å². The highest BCUT2D eigenvalue weighted by atomic mass is 16.4. The third-order valence-corrected chi connectivity index (χ3v) is 3.96. The van der Waals surface area contributed by atoms with Crippen molar-refractivity contribution in [2.45, 2.75) is 0 Å². The number of pyridine rings is 1. The van der Waals surface area contributed by atoms with Gasteiger partial charge in [-0.05, 0) is 30.3 Å². The minimum atomic E-state index is -1.02. The molecule has 26 heavy (non-hydrogen) atoms. The molecule has 2 N–H and O–H groups in total. The third-order valence-electron chi connectivity index (χ3n) is 3.96. The van der Waals surface area contributed by atoms with E-state index in [1.807, 2.05) is 6.07 Å². The monoisotopic (exact) mass is 341 g/mol. The summed E-state index contributed by atoms with van der Waals surface area (Å²) in [6.45, 7) is 0. The Labute approximate surface area is 147 Å². The lowest BCUT2D eigenvalue weighted by Gasteiger charge is -2.11. The van der Waals surface area contributed by atoms with E-state index in [1.54, 1.807) is 30.5 Å². The van der Waals surface area contributed by atoms with Crippen molar-refractivity contribution < 1.29 is 9.90 Å². The van der Waals surface area contributed by atoms with Gasteiger partial charge in [0.15, 0.2) is 5.82 Å². The SMILES string of the molecule is N#Cc1cccc(Nc2nc3cc(C(=O)O)ccc3c3cncnc23)c1. The van der Waals surface area contributed by atoms with Crippen LogP contribution in [0.3, 0.4) is 0 Å². The van der Waals surface area contributed by atoms with Crippen LogP contribution in [0.15, 0.2) is 55.0 Å². The van der Waals surface area contributed by atoms with E-state index in [-0.39, 0.29) is 5.56 Å². The highest BCUT2D eigenvalue weighted by molar-refractivity contribution is 6.09. The van der Waals surface area contributed by atoms with Crippen LogP contribution in [0.2, 0.25) is 0 Å². The number of aromatic nitrogens is 3. The summed E-state index contributed by atoms with van der Waals surface area (Å²) in [5.74, 6) is -0.554. The number of fused-ring (bicyclic) bond motifs is 3. The molecule has 0 saturated heterocycles. The molecule has 2 aromatic carbocycles. The van der Waals surface area contributed by atoms with Gasteiger partial charge in [-0.2, -0.15) is 5.26 Å². The normalized spacial score (nSPS) is 10.6. The molecule has 7 nitrogen and oxygen atoms in total. The molecule has 0 saturated carbocycles. The minimum Gasteiger partial charge on any atom is -0.478 e. The van der Waals surface area contributed by atoms with E-state index in [4.69, 9.17) is 5.26 Å².